The Morgan fingerprint density at radius 2 is 2.00 bits per heavy atom. The average Bonchev–Trinajstić information content (AvgIpc) is 2.97. The maximum Gasteiger partial charge on any atom is 0.305 e. The van der Waals surface area contributed by atoms with Crippen LogP contribution in [0.4, 0.5) is 5.69 Å². The molecule has 0 atom stereocenters. The zero-order chi connectivity index (χ0) is 17.8. The highest BCUT2D eigenvalue weighted by Gasteiger charge is 2.16. The van der Waals surface area contributed by atoms with Crippen LogP contribution in [0.25, 0.3) is 11.0 Å². The number of hydrogen-bond acceptors (Lipinski definition) is 5. The molecule has 7 heteroatoms. The number of fused-ring (bicyclic) bond motifs is 1. The molecule has 3 rings (SSSR count). The monoisotopic (exact) mass is 339 g/mol. The minimum atomic E-state index is -0.423. The standard InChI is InChI=1S/C18H17N3O4/c1-25-18(22)10-9-17-19-15-8-7-14(21(23)24)11-16(15)20(17)12-13-5-3-2-4-6-13/h2-8,11H,9-10,12H2,1H3. The molecule has 0 radical (unpaired) electrons. The van der Waals surface area contributed by atoms with Crippen LogP contribution in [-0.2, 0) is 22.5 Å². The number of non-ortho nitro benzene ring substituents is 1. The van der Waals surface area contributed by atoms with Gasteiger partial charge < -0.3 is 9.30 Å². The van der Waals surface area contributed by atoms with Crippen LogP contribution in [0.5, 0.6) is 0 Å². The molecule has 0 saturated heterocycles. The number of hydrogen-bond donors (Lipinski definition) is 0. The Labute approximate surface area is 144 Å². The summed E-state index contributed by atoms with van der Waals surface area (Å²) in [6.07, 6.45) is 0.610. The number of nitro groups is 1. The van der Waals surface area contributed by atoms with Gasteiger partial charge in [-0.15, -0.1) is 0 Å². The molecular formula is C18H17N3O4. The number of aromatic nitrogens is 2. The Bertz CT molecular complexity index is 919. The van der Waals surface area contributed by atoms with Crippen molar-refractivity contribution in [2.45, 2.75) is 19.4 Å². The lowest BCUT2D eigenvalue weighted by Gasteiger charge is -2.09. The fraction of sp³-hybridized carbons (Fsp3) is 0.222. The third kappa shape index (κ3) is 3.65. The highest BCUT2D eigenvalue weighted by Crippen LogP contribution is 2.24. The highest BCUT2D eigenvalue weighted by atomic mass is 16.6. The van der Waals surface area contributed by atoms with E-state index in [0.29, 0.717) is 29.8 Å². The van der Waals surface area contributed by atoms with Crippen molar-refractivity contribution in [1.29, 1.82) is 0 Å². The van der Waals surface area contributed by atoms with E-state index in [1.165, 1.54) is 19.2 Å². The summed E-state index contributed by atoms with van der Waals surface area (Å²) in [5, 5.41) is 11.1. The van der Waals surface area contributed by atoms with E-state index in [2.05, 4.69) is 9.72 Å². The molecule has 0 unspecified atom stereocenters. The molecule has 2 aromatic carbocycles. The van der Waals surface area contributed by atoms with Gasteiger partial charge in [0.1, 0.15) is 5.82 Å². The first-order valence-electron chi connectivity index (χ1n) is 7.83. The second-order valence-corrected chi connectivity index (χ2v) is 5.61. The van der Waals surface area contributed by atoms with Crippen LogP contribution < -0.4 is 0 Å². The molecule has 0 aliphatic rings. The minimum Gasteiger partial charge on any atom is -0.469 e. The predicted molar refractivity (Wildman–Crippen MR) is 92.3 cm³/mol. The number of nitrogens with zero attached hydrogens (tertiary/aromatic N) is 3. The molecule has 0 bridgehead atoms. The fourth-order valence-electron chi connectivity index (χ4n) is 2.72. The summed E-state index contributed by atoms with van der Waals surface area (Å²) in [5.74, 6) is 0.383. The van der Waals surface area contributed by atoms with E-state index >= 15 is 0 Å². The van der Waals surface area contributed by atoms with Crippen LogP contribution in [0, 0.1) is 10.1 Å². The van der Waals surface area contributed by atoms with E-state index < -0.39 is 4.92 Å². The fourth-order valence-corrected chi connectivity index (χ4v) is 2.72. The van der Waals surface area contributed by atoms with E-state index in [0.717, 1.165) is 5.56 Å². The van der Waals surface area contributed by atoms with Gasteiger partial charge in [0.05, 0.1) is 29.5 Å². The van der Waals surface area contributed by atoms with Crippen LogP contribution in [0.15, 0.2) is 48.5 Å². The average molecular weight is 339 g/mol. The molecule has 0 N–H and O–H groups in total. The molecule has 25 heavy (non-hydrogen) atoms. The number of rotatable bonds is 6. The summed E-state index contributed by atoms with van der Waals surface area (Å²) >= 11 is 0. The van der Waals surface area contributed by atoms with Crippen LogP contribution in [0.1, 0.15) is 17.8 Å². The third-order valence-corrected chi connectivity index (χ3v) is 3.99. The lowest BCUT2D eigenvalue weighted by atomic mass is 10.2. The second kappa shape index (κ2) is 7.12. The molecule has 0 spiro atoms. The maximum absolute atomic E-state index is 11.5. The van der Waals surface area contributed by atoms with Crippen molar-refractivity contribution in [1.82, 2.24) is 9.55 Å². The van der Waals surface area contributed by atoms with Crippen LogP contribution in [0.2, 0.25) is 0 Å². The van der Waals surface area contributed by atoms with Crippen molar-refractivity contribution < 1.29 is 14.5 Å². The molecule has 1 heterocycles. The summed E-state index contributed by atoms with van der Waals surface area (Å²) in [4.78, 5) is 26.7. The lowest BCUT2D eigenvalue weighted by molar-refractivity contribution is -0.384. The summed E-state index contributed by atoms with van der Waals surface area (Å²) in [6, 6.07) is 14.4. The Morgan fingerprint density at radius 3 is 2.68 bits per heavy atom. The van der Waals surface area contributed by atoms with Crippen molar-refractivity contribution >= 4 is 22.7 Å². The largest absolute Gasteiger partial charge is 0.469 e. The second-order valence-electron chi connectivity index (χ2n) is 5.61. The third-order valence-electron chi connectivity index (χ3n) is 3.99. The molecule has 7 nitrogen and oxygen atoms in total. The SMILES string of the molecule is COC(=O)CCc1nc2ccc([N+](=O)[O-])cc2n1Cc1ccccc1. The van der Waals surface area contributed by atoms with Crippen molar-refractivity contribution in [3.63, 3.8) is 0 Å². The Balaban J connectivity index is 2.04. The number of imidazole rings is 1. The van der Waals surface area contributed by atoms with E-state index in [9.17, 15) is 14.9 Å². The quantitative estimate of drug-likeness (QED) is 0.391. The zero-order valence-electron chi connectivity index (χ0n) is 13.7. The van der Waals surface area contributed by atoms with Gasteiger partial charge in [-0.1, -0.05) is 30.3 Å². The van der Waals surface area contributed by atoms with Crippen LogP contribution in [-0.4, -0.2) is 27.6 Å². The first kappa shape index (κ1) is 16.6. The molecule has 1 aromatic heterocycles. The molecular weight excluding hydrogens is 322 g/mol. The number of ether oxygens (including phenoxy) is 1. The smallest absolute Gasteiger partial charge is 0.305 e. The predicted octanol–water partition coefficient (Wildman–Crippen LogP) is 3.10. The van der Waals surface area contributed by atoms with Gasteiger partial charge in [-0.25, -0.2) is 4.98 Å². The summed E-state index contributed by atoms with van der Waals surface area (Å²) in [5.41, 5.74) is 2.41. The first-order valence-corrected chi connectivity index (χ1v) is 7.83. The van der Waals surface area contributed by atoms with Gasteiger partial charge in [0.2, 0.25) is 0 Å². The number of carbonyl (C=O) groups is 1. The van der Waals surface area contributed by atoms with Gasteiger partial charge in [-0.05, 0) is 11.6 Å². The molecule has 0 aliphatic carbocycles. The van der Waals surface area contributed by atoms with E-state index in [4.69, 9.17) is 0 Å². The number of nitro benzene ring substituents is 1. The Hall–Kier alpha value is -3.22. The van der Waals surface area contributed by atoms with Crippen molar-refractivity contribution in [3.05, 3.63) is 70.0 Å². The van der Waals surface area contributed by atoms with Gasteiger partial charge >= 0.3 is 5.97 Å². The number of carbonyl (C=O) groups excluding carboxylic acids is 1. The number of methoxy groups -OCH3 is 1. The highest BCUT2D eigenvalue weighted by molar-refractivity contribution is 5.79. The van der Waals surface area contributed by atoms with Crippen molar-refractivity contribution in [2.75, 3.05) is 7.11 Å². The molecule has 0 fully saturated rings. The molecule has 128 valence electrons. The van der Waals surface area contributed by atoms with E-state index in [-0.39, 0.29) is 18.1 Å². The molecule has 3 aromatic rings. The van der Waals surface area contributed by atoms with Gasteiger partial charge in [-0.3, -0.25) is 14.9 Å². The zero-order valence-corrected chi connectivity index (χ0v) is 13.7. The van der Waals surface area contributed by atoms with Crippen LogP contribution >= 0.6 is 0 Å². The summed E-state index contributed by atoms with van der Waals surface area (Å²) < 4.78 is 6.61. The van der Waals surface area contributed by atoms with Crippen molar-refractivity contribution in [3.8, 4) is 0 Å². The lowest BCUT2D eigenvalue weighted by Crippen LogP contribution is -2.09. The molecule has 0 amide bonds. The van der Waals surface area contributed by atoms with Gasteiger partial charge in [0.15, 0.2) is 0 Å². The summed E-state index contributed by atoms with van der Waals surface area (Å²) in [7, 11) is 1.35. The first-order chi connectivity index (χ1) is 12.1. The van der Waals surface area contributed by atoms with Crippen LogP contribution in [0.3, 0.4) is 0 Å². The maximum atomic E-state index is 11.5. The number of aryl methyl sites for hydroxylation is 1. The summed E-state index contributed by atoms with van der Waals surface area (Å²) in [6.45, 7) is 0.523. The van der Waals surface area contributed by atoms with E-state index in [1.807, 2.05) is 34.9 Å². The van der Waals surface area contributed by atoms with Gasteiger partial charge in [0, 0.05) is 25.1 Å². The van der Waals surface area contributed by atoms with Crippen molar-refractivity contribution in [2.24, 2.45) is 0 Å². The number of benzene rings is 2. The minimum absolute atomic E-state index is 0.0150. The van der Waals surface area contributed by atoms with Gasteiger partial charge in [0.25, 0.3) is 5.69 Å². The molecule has 0 saturated carbocycles. The number of esters is 1. The van der Waals surface area contributed by atoms with Gasteiger partial charge in [-0.2, -0.15) is 0 Å². The topological polar surface area (TPSA) is 87.3 Å². The Kier molecular flexibility index (Phi) is 4.74. The van der Waals surface area contributed by atoms with E-state index in [1.54, 1.807) is 6.07 Å². The Morgan fingerprint density at radius 1 is 1.24 bits per heavy atom. The molecule has 0 aliphatic heterocycles. The normalized spacial score (nSPS) is 10.8.